The molecule has 1 aliphatic heterocycles. The number of likely N-dealkylation sites (tertiary alicyclic amines) is 1. The summed E-state index contributed by atoms with van der Waals surface area (Å²) in [4.78, 5) is 4.82. The van der Waals surface area contributed by atoms with Crippen molar-refractivity contribution in [3.8, 4) is 0 Å². The number of halogens is 1. The number of aliphatic hydroxyl groups is 1. The molecular formula is C16H25ClN2O. The summed E-state index contributed by atoms with van der Waals surface area (Å²) in [5, 5.41) is 10.3. The molecule has 0 amide bonds. The van der Waals surface area contributed by atoms with Gasteiger partial charge in [-0.25, -0.2) is 0 Å². The van der Waals surface area contributed by atoms with Crippen molar-refractivity contribution in [1.82, 2.24) is 4.90 Å². The van der Waals surface area contributed by atoms with Crippen LogP contribution in [0.3, 0.4) is 0 Å². The van der Waals surface area contributed by atoms with Crippen LogP contribution >= 0.6 is 11.6 Å². The summed E-state index contributed by atoms with van der Waals surface area (Å²) in [5.74, 6) is 0. The maximum Gasteiger partial charge on any atom is 0.0776 e. The Morgan fingerprint density at radius 2 is 2.05 bits per heavy atom. The molecule has 0 aromatic heterocycles. The average molecular weight is 297 g/mol. The summed E-state index contributed by atoms with van der Waals surface area (Å²) in [5.41, 5.74) is 1.93. The average Bonchev–Trinajstić information content (AvgIpc) is 2.46. The van der Waals surface area contributed by atoms with E-state index in [-0.39, 0.29) is 0 Å². The minimum Gasteiger partial charge on any atom is -0.389 e. The lowest BCUT2D eigenvalue weighted by atomic mass is 10.0. The van der Waals surface area contributed by atoms with Gasteiger partial charge in [0.1, 0.15) is 0 Å². The first-order chi connectivity index (χ1) is 9.52. The minimum atomic E-state index is -0.519. The van der Waals surface area contributed by atoms with Gasteiger partial charge >= 0.3 is 0 Å². The molecule has 1 fully saturated rings. The highest BCUT2D eigenvalue weighted by atomic mass is 35.5. The fourth-order valence-corrected chi connectivity index (χ4v) is 3.24. The number of nitrogens with zero attached hydrogens (tertiary/aromatic N) is 2. The molecule has 3 nitrogen and oxygen atoms in total. The summed E-state index contributed by atoms with van der Waals surface area (Å²) in [6.45, 7) is 7.45. The number of piperidine rings is 1. The number of aliphatic hydroxyl groups excluding tert-OH is 1. The molecule has 1 aromatic carbocycles. The zero-order valence-corrected chi connectivity index (χ0v) is 13.4. The van der Waals surface area contributed by atoms with Crippen LogP contribution in [0.25, 0.3) is 0 Å². The molecule has 1 unspecified atom stereocenters. The molecule has 1 atom stereocenters. The Bertz CT molecular complexity index is 442. The van der Waals surface area contributed by atoms with E-state index in [1.807, 2.05) is 12.1 Å². The second kappa shape index (κ2) is 6.79. The van der Waals surface area contributed by atoms with Gasteiger partial charge in [0.2, 0.25) is 0 Å². The molecule has 0 aliphatic carbocycles. The van der Waals surface area contributed by atoms with Gasteiger partial charge in [0.05, 0.1) is 6.10 Å². The van der Waals surface area contributed by atoms with Gasteiger partial charge in [0.15, 0.2) is 0 Å². The van der Waals surface area contributed by atoms with Crippen molar-refractivity contribution in [3.05, 3.63) is 28.8 Å². The predicted octanol–water partition coefficient (Wildman–Crippen LogP) is 3.31. The molecule has 0 radical (unpaired) electrons. The predicted molar refractivity (Wildman–Crippen MR) is 85.6 cm³/mol. The smallest absolute Gasteiger partial charge is 0.0776 e. The zero-order valence-electron chi connectivity index (χ0n) is 12.6. The van der Waals surface area contributed by atoms with Gasteiger partial charge in [-0.15, -0.1) is 0 Å². The first kappa shape index (κ1) is 15.6. The van der Waals surface area contributed by atoms with Crippen LogP contribution in [0.1, 0.15) is 38.4 Å². The third kappa shape index (κ3) is 3.46. The lowest BCUT2D eigenvalue weighted by Crippen LogP contribution is -2.43. The fraction of sp³-hybridized carbons (Fsp3) is 0.625. The summed E-state index contributed by atoms with van der Waals surface area (Å²) in [6.07, 6.45) is 1.87. The Morgan fingerprint density at radius 3 is 2.55 bits per heavy atom. The van der Waals surface area contributed by atoms with Crippen molar-refractivity contribution >= 4 is 17.3 Å². The van der Waals surface area contributed by atoms with Gasteiger partial charge in [-0.1, -0.05) is 24.6 Å². The largest absolute Gasteiger partial charge is 0.389 e. The van der Waals surface area contributed by atoms with E-state index >= 15 is 0 Å². The topological polar surface area (TPSA) is 26.7 Å². The van der Waals surface area contributed by atoms with E-state index < -0.39 is 6.10 Å². The number of hydrogen-bond acceptors (Lipinski definition) is 3. The molecule has 112 valence electrons. The first-order valence-electron chi connectivity index (χ1n) is 7.45. The van der Waals surface area contributed by atoms with Crippen LogP contribution < -0.4 is 4.90 Å². The second-order valence-electron chi connectivity index (χ2n) is 5.66. The Morgan fingerprint density at radius 1 is 1.40 bits per heavy atom. The quantitative estimate of drug-likeness (QED) is 0.923. The highest BCUT2D eigenvalue weighted by Gasteiger charge is 2.22. The van der Waals surface area contributed by atoms with Crippen molar-refractivity contribution in [2.45, 2.75) is 38.8 Å². The van der Waals surface area contributed by atoms with E-state index in [1.165, 1.54) is 25.9 Å². The molecule has 4 heteroatoms. The molecule has 0 saturated carbocycles. The van der Waals surface area contributed by atoms with Crippen LogP contribution in [-0.4, -0.2) is 42.7 Å². The third-order valence-electron chi connectivity index (χ3n) is 4.39. The molecule has 2 rings (SSSR count). The summed E-state index contributed by atoms with van der Waals surface area (Å²) < 4.78 is 0. The van der Waals surface area contributed by atoms with Crippen LogP contribution in [0.2, 0.25) is 5.02 Å². The highest BCUT2D eigenvalue weighted by Crippen LogP contribution is 2.29. The molecule has 1 N–H and O–H groups in total. The number of anilines is 1. The second-order valence-corrected chi connectivity index (χ2v) is 6.07. The summed E-state index contributed by atoms with van der Waals surface area (Å²) in [6, 6.07) is 6.53. The normalized spacial score (nSPS) is 19.1. The third-order valence-corrected chi connectivity index (χ3v) is 4.72. The zero-order chi connectivity index (χ0) is 14.7. The molecule has 1 saturated heterocycles. The summed E-state index contributed by atoms with van der Waals surface area (Å²) in [7, 11) is 2.14. The van der Waals surface area contributed by atoms with Crippen molar-refractivity contribution in [2.75, 3.05) is 31.6 Å². The maximum absolute atomic E-state index is 9.64. The van der Waals surface area contributed by atoms with Gasteiger partial charge in [-0.3, -0.25) is 0 Å². The van der Waals surface area contributed by atoms with E-state index in [1.54, 1.807) is 6.92 Å². The Labute approximate surface area is 127 Å². The number of hydrogen-bond donors (Lipinski definition) is 1. The van der Waals surface area contributed by atoms with Crippen molar-refractivity contribution < 1.29 is 5.11 Å². The van der Waals surface area contributed by atoms with E-state index in [2.05, 4.69) is 29.8 Å². The van der Waals surface area contributed by atoms with Crippen LogP contribution in [-0.2, 0) is 0 Å². The lowest BCUT2D eigenvalue weighted by Gasteiger charge is -2.37. The van der Waals surface area contributed by atoms with E-state index in [4.69, 9.17) is 11.6 Å². The van der Waals surface area contributed by atoms with Crippen molar-refractivity contribution in [2.24, 2.45) is 0 Å². The van der Waals surface area contributed by atoms with Crippen LogP contribution in [0, 0.1) is 0 Å². The molecule has 20 heavy (non-hydrogen) atoms. The molecule has 0 bridgehead atoms. The number of benzene rings is 1. The standard InChI is InChI=1S/C16H25ClN2O/c1-4-19-9-7-13(8-10-19)18(3)14-5-6-15(12(2)20)16(17)11-14/h5-6,11-13,20H,4,7-10H2,1-3H3. The fourth-order valence-electron chi connectivity index (χ4n) is 2.91. The Kier molecular flexibility index (Phi) is 5.30. The van der Waals surface area contributed by atoms with Gasteiger partial charge in [0, 0.05) is 36.9 Å². The Hall–Kier alpha value is -0.770. The van der Waals surface area contributed by atoms with Gasteiger partial charge in [-0.2, -0.15) is 0 Å². The first-order valence-corrected chi connectivity index (χ1v) is 7.83. The number of rotatable bonds is 4. The van der Waals surface area contributed by atoms with Crippen molar-refractivity contribution in [1.29, 1.82) is 0 Å². The molecular weight excluding hydrogens is 272 g/mol. The van der Waals surface area contributed by atoms with E-state index in [0.29, 0.717) is 11.1 Å². The monoisotopic (exact) mass is 296 g/mol. The van der Waals surface area contributed by atoms with Crippen molar-refractivity contribution in [3.63, 3.8) is 0 Å². The lowest BCUT2D eigenvalue weighted by molar-refractivity contribution is 0.199. The van der Waals surface area contributed by atoms with Crippen LogP contribution in [0.4, 0.5) is 5.69 Å². The van der Waals surface area contributed by atoms with Gasteiger partial charge < -0.3 is 14.9 Å². The SMILES string of the molecule is CCN1CCC(N(C)c2ccc(C(C)O)c(Cl)c2)CC1. The molecule has 1 aromatic rings. The van der Waals surface area contributed by atoms with E-state index in [9.17, 15) is 5.11 Å². The highest BCUT2D eigenvalue weighted by molar-refractivity contribution is 6.31. The molecule has 1 aliphatic rings. The molecule has 1 heterocycles. The van der Waals surface area contributed by atoms with Crippen LogP contribution in [0.5, 0.6) is 0 Å². The Balaban J connectivity index is 2.06. The molecule has 0 spiro atoms. The van der Waals surface area contributed by atoms with Crippen LogP contribution in [0.15, 0.2) is 18.2 Å². The summed E-state index contributed by atoms with van der Waals surface area (Å²) >= 11 is 6.26. The minimum absolute atomic E-state index is 0.519. The maximum atomic E-state index is 9.64. The van der Waals surface area contributed by atoms with Gasteiger partial charge in [0.25, 0.3) is 0 Å². The van der Waals surface area contributed by atoms with E-state index in [0.717, 1.165) is 17.8 Å². The van der Waals surface area contributed by atoms with Gasteiger partial charge in [-0.05, 0) is 44.0 Å².